The number of anilines is 2. The second-order valence-electron chi connectivity index (χ2n) is 6.76. The van der Waals surface area contributed by atoms with Crippen LogP contribution in [0, 0.1) is 5.82 Å². The SMILES string of the molecule is Cn1ncc(N2CC=NC=C2c2ccccc2F)c1N1CCC[C@H](N)C1. The van der Waals surface area contributed by atoms with Crippen LogP contribution in [0.25, 0.3) is 5.70 Å². The topological polar surface area (TPSA) is 62.7 Å². The first-order chi connectivity index (χ1) is 12.6. The molecule has 2 aliphatic heterocycles. The molecule has 3 heterocycles. The quantitative estimate of drug-likeness (QED) is 0.919. The molecule has 0 radical (unpaired) electrons. The number of halogens is 1. The lowest BCUT2D eigenvalue weighted by Gasteiger charge is -2.35. The van der Waals surface area contributed by atoms with E-state index in [-0.39, 0.29) is 11.9 Å². The van der Waals surface area contributed by atoms with Gasteiger partial charge in [0.2, 0.25) is 0 Å². The van der Waals surface area contributed by atoms with Gasteiger partial charge in [-0.3, -0.25) is 9.67 Å². The van der Waals surface area contributed by atoms with E-state index < -0.39 is 0 Å². The van der Waals surface area contributed by atoms with Gasteiger partial charge in [0.1, 0.15) is 11.5 Å². The summed E-state index contributed by atoms with van der Waals surface area (Å²) in [5, 5.41) is 4.47. The van der Waals surface area contributed by atoms with Crippen molar-refractivity contribution < 1.29 is 4.39 Å². The Hall–Kier alpha value is -2.67. The van der Waals surface area contributed by atoms with Crippen molar-refractivity contribution in [3.63, 3.8) is 0 Å². The monoisotopic (exact) mass is 354 g/mol. The van der Waals surface area contributed by atoms with Crippen molar-refractivity contribution in [3.8, 4) is 0 Å². The molecule has 1 saturated heterocycles. The predicted octanol–water partition coefficient (Wildman–Crippen LogP) is 2.38. The Morgan fingerprint density at radius 1 is 1.27 bits per heavy atom. The third-order valence-corrected chi connectivity index (χ3v) is 4.94. The molecule has 2 aromatic rings. The fraction of sp³-hybridized carbons (Fsp3) is 0.368. The number of nitrogens with two attached hydrogens (primary N) is 1. The molecule has 0 spiro atoms. The molecular weight excluding hydrogens is 331 g/mol. The molecule has 1 atom stereocenters. The van der Waals surface area contributed by atoms with Gasteiger partial charge in [-0.1, -0.05) is 12.1 Å². The van der Waals surface area contributed by atoms with Crippen LogP contribution in [0.1, 0.15) is 18.4 Å². The average Bonchev–Trinajstić information content (AvgIpc) is 3.03. The molecule has 0 aliphatic carbocycles. The number of piperidine rings is 1. The molecule has 136 valence electrons. The summed E-state index contributed by atoms with van der Waals surface area (Å²) in [5.41, 5.74) is 8.40. The van der Waals surface area contributed by atoms with Crippen LogP contribution in [0.15, 0.2) is 41.7 Å². The van der Waals surface area contributed by atoms with Crippen molar-refractivity contribution in [1.29, 1.82) is 0 Å². The molecule has 0 unspecified atom stereocenters. The lowest BCUT2D eigenvalue weighted by molar-refractivity contribution is 0.497. The molecule has 7 heteroatoms. The van der Waals surface area contributed by atoms with Crippen molar-refractivity contribution in [1.82, 2.24) is 9.78 Å². The van der Waals surface area contributed by atoms with Crippen LogP contribution in [-0.2, 0) is 7.05 Å². The summed E-state index contributed by atoms with van der Waals surface area (Å²) in [6.45, 7) is 2.31. The van der Waals surface area contributed by atoms with Crippen molar-refractivity contribution >= 4 is 23.4 Å². The first-order valence-electron chi connectivity index (χ1n) is 8.92. The van der Waals surface area contributed by atoms with Crippen LogP contribution in [0.4, 0.5) is 15.9 Å². The van der Waals surface area contributed by atoms with Crippen molar-refractivity contribution in [2.45, 2.75) is 18.9 Å². The number of hydrogen-bond donors (Lipinski definition) is 1. The van der Waals surface area contributed by atoms with E-state index >= 15 is 0 Å². The van der Waals surface area contributed by atoms with E-state index in [4.69, 9.17) is 5.73 Å². The summed E-state index contributed by atoms with van der Waals surface area (Å²) in [5.74, 6) is 0.754. The van der Waals surface area contributed by atoms with E-state index in [2.05, 4.69) is 19.9 Å². The number of aliphatic imine (C=N–C) groups is 1. The van der Waals surface area contributed by atoms with Crippen LogP contribution in [0.3, 0.4) is 0 Å². The zero-order valence-electron chi connectivity index (χ0n) is 14.8. The lowest BCUT2D eigenvalue weighted by atomic mass is 10.1. The number of benzene rings is 1. The van der Waals surface area contributed by atoms with Crippen molar-refractivity contribution in [2.75, 3.05) is 29.4 Å². The molecule has 2 aliphatic rings. The first kappa shape index (κ1) is 16.8. The maximum Gasteiger partial charge on any atom is 0.150 e. The molecule has 2 N–H and O–H groups in total. The van der Waals surface area contributed by atoms with Gasteiger partial charge in [-0.15, -0.1) is 0 Å². The molecule has 1 aromatic carbocycles. The van der Waals surface area contributed by atoms with E-state index in [9.17, 15) is 4.39 Å². The molecule has 6 nitrogen and oxygen atoms in total. The Morgan fingerprint density at radius 3 is 2.92 bits per heavy atom. The van der Waals surface area contributed by atoms with Gasteiger partial charge in [0.25, 0.3) is 0 Å². The van der Waals surface area contributed by atoms with E-state index in [1.165, 1.54) is 6.07 Å². The van der Waals surface area contributed by atoms with Crippen LogP contribution in [-0.4, -0.2) is 41.7 Å². The molecule has 4 rings (SSSR count). The zero-order valence-corrected chi connectivity index (χ0v) is 14.8. The van der Waals surface area contributed by atoms with E-state index in [0.29, 0.717) is 12.1 Å². The molecular formula is C19H23FN6. The highest BCUT2D eigenvalue weighted by atomic mass is 19.1. The summed E-state index contributed by atoms with van der Waals surface area (Å²) in [4.78, 5) is 8.60. The van der Waals surface area contributed by atoms with Gasteiger partial charge < -0.3 is 15.5 Å². The maximum atomic E-state index is 14.4. The summed E-state index contributed by atoms with van der Waals surface area (Å²) < 4.78 is 16.3. The van der Waals surface area contributed by atoms with Crippen LogP contribution < -0.4 is 15.5 Å². The van der Waals surface area contributed by atoms with Gasteiger partial charge >= 0.3 is 0 Å². The summed E-state index contributed by atoms with van der Waals surface area (Å²) in [6.07, 6.45) is 7.47. The molecule has 26 heavy (non-hydrogen) atoms. The predicted molar refractivity (Wildman–Crippen MR) is 103 cm³/mol. The third-order valence-electron chi connectivity index (χ3n) is 4.94. The van der Waals surface area contributed by atoms with Gasteiger partial charge in [0.05, 0.1) is 24.6 Å². The summed E-state index contributed by atoms with van der Waals surface area (Å²) in [6, 6.07) is 6.95. The fourth-order valence-corrected chi connectivity index (χ4v) is 3.71. The number of hydrogen-bond acceptors (Lipinski definition) is 5. The highest BCUT2D eigenvalue weighted by molar-refractivity contribution is 5.90. The number of nitrogens with zero attached hydrogens (tertiary/aromatic N) is 5. The normalized spacial score (nSPS) is 20.4. The minimum Gasteiger partial charge on any atom is -0.354 e. The number of aryl methyl sites for hydroxylation is 1. The van der Waals surface area contributed by atoms with E-state index in [1.807, 2.05) is 30.2 Å². The van der Waals surface area contributed by atoms with Crippen molar-refractivity contribution in [2.24, 2.45) is 17.8 Å². The van der Waals surface area contributed by atoms with Gasteiger partial charge in [-0.05, 0) is 25.0 Å². The molecule has 1 aromatic heterocycles. The highest BCUT2D eigenvalue weighted by Crippen LogP contribution is 2.36. The van der Waals surface area contributed by atoms with Crippen LogP contribution in [0.2, 0.25) is 0 Å². The number of rotatable bonds is 3. The second-order valence-corrected chi connectivity index (χ2v) is 6.76. The second kappa shape index (κ2) is 6.92. The fourth-order valence-electron chi connectivity index (χ4n) is 3.71. The molecule has 0 amide bonds. The van der Waals surface area contributed by atoms with Crippen LogP contribution >= 0.6 is 0 Å². The smallest absolute Gasteiger partial charge is 0.150 e. The first-order valence-corrected chi connectivity index (χ1v) is 8.92. The van der Waals surface area contributed by atoms with Gasteiger partial charge in [0.15, 0.2) is 5.82 Å². The minimum atomic E-state index is -0.258. The standard InChI is InChI=1S/C19H23FN6/c1-24-19(25-9-4-5-14(21)13-25)18(12-23-24)26-10-8-22-11-17(26)15-6-2-3-7-16(15)20/h2-3,6-8,11-12,14H,4-5,9-10,13,21H2,1H3/t14-/m0/s1. The Bertz CT molecular complexity index is 855. The van der Waals surface area contributed by atoms with E-state index in [1.54, 1.807) is 18.3 Å². The van der Waals surface area contributed by atoms with Crippen LogP contribution in [0.5, 0.6) is 0 Å². The van der Waals surface area contributed by atoms with E-state index in [0.717, 1.165) is 43.1 Å². The summed E-state index contributed by atoms with van der Waals surface area (Å²) in [7, 11) is 1.93. The lowest BCUT2D eigenvalue weighted by Crippen LogP contribution is -2.44. The highest BCUT2D eigenvalue weighted by Gasteiger charge is 2.27. The Balaban J connectivity index is 1.74. The Morgan fingerprint density at radius 2 is 2.12 bits per heavy atom. The average molecular weight is 354 g/mol. The minimum absolute atomic E-state index is 0.163. The molecule has 0 bridgehead atoms. The molecule has 0 saturated carbocycles. The largest absolute Gasteiger partial charge is 0.354 e. The van der Waals surface area contributed by atoms with Gasteiger partial charge in [-0.2, -0.15) is 5.10 Å². The maximum absolute atomic E-state index is 14.4. The van der Waals surface area contributed by atoms with Crippen molar-refractivity contribution in [3.05, 3.63) is 48.0 Å². The zero-order chi connectivity index (χ0) is 18.1. The van der Waals surface area contributed by atoms with Gasteiger partial charge in [-0.25, -0.2) is 4.39 Å². The Labute approximate surface area is 152 Å². The Kier molecular flexibility index (Phi) is 4.46. The number of aromatic nitrogens is 2. The third kappa shape index (κ3) is 2.99. The molecule has 1 fully saturated rings. The van der Waals surface area contributed by atoms with Gasteiger partial charge in [0, 0.05) is 38.0 Å². The summed E-state index contributed by atoms with van der Waals surface area (Å²) >= 11 is 0.